The molecular formula is C15H22N4O3S. The number of hydrogen-bond donors (Lipinski definition) is 0. The Morgan fingerprint density at radius 1 is 1.30 bits per heavy atom. The van der Waals surface area contributed by atoms with E-state index >= 15 is 0 Å². The van der Waals surface area contributed by atoms with Gasteiger partial charge in [0.05, 0.1) is 44.6 Å². The van der Waals surface area contributed by atoms with Gasteiger partial charge in [-0.2, -0.15) is 22.3 Å². The molecule has 0 aliphatic carbocycles. The third-order valence-electron chi connectivity index (χ3n) is 3.58. The molecule has 1 saturated heterocycles. The van der Waals surface area contributed by atoms with Crippen LogP contribution in [0, 0.1) is 28.6 Å². The van der Waals surface area contributed by atoms with Gasteiger partial charge >= 0.3 is 5.97 Å². The van der Waals surface area contributed by atoms with E-state index in [4.69, 9.17) is 15.3 Å². The Kier molecular flexibility index (Phi) is 9.11. The molecule has 0 aromatic heterocycles. The summed E-state index contributed by atoms with van der Waals surface area (Å²) >= 11 is 1.68. The van der Waals surface area contributed by atoms with Crippen LogP contribution in [0.25, 0.3) is 0 Å². The molecule has 0 spiro atoms. The predicted molar refractivity (Wildman–Crippen MR) is 86.3 cm³/mol. The summed E-state index contributed by atoms with van der Waals surface area (Å²) in [6.07, 6.45) is 0.496. The number of methoxy groups -OCH3 is 1. The third kappa shape index (κ3) is 6.89. The fourth-order valence-corrected chi connectivity index (χ4v) is 3.43. The molecule has 1 fully saturated rings. The van der Waals surface area contributed by atoms with Gasteiger partial charge in [0.1, 0.15) is 0 Å². The molecule has 1 unspecified atom stereocenters. The van der Waals surface area contributed by atoms with Crippen LogP contribution < -0.4 is 0 Å². The summed E-state index contributed by atoms with van der Waals surface area (Å²) in [6, 6.07) is 4.04. The largest absolute Gasteiger partial charge is 0.469 e. The predicted octanol–water partition coefficient (Wildman–Crippen LogP) is 0.480. The summed E-state index contributed by atoms with van der Waals surface area (Å²) in [5.74, 6) is 0.974. The Bertz CT molecular complexity index is 468. The molecule has 23 heavy (non-hydrogen) atoms. The maximum atomic E-state index is 12.4. The van der Waals surface area contributed by atoms with E-state index in [0.717, 1.165) is 12.3 Å². The molecule has 1 amide bonds. The van der Waals surface area contributed by atoms with E-state index in [9.17, 15) is 9.59 Å². The average Bonchev–Trinajstić information content (AvgIpc) is 2.79. The highest BCUT2D eigenvalue weighted by Gasteiger charge is 2.27. The maximum absolute atomic E-state index is 12.4. The standard InChI is InChI=1S/C15H22N4O3S/c1-22-15(21)13-10-18(8-9-23-12-13)11-14(20)19(6-2-4-16)7-3-5-17/h13H,2-3,6-12H2,1H3. The first-order valence-electron chi connectivity index (χ1n) is 7.52. The third-order valence-corrected chi connectivity index (χ3v) is 4.69. The van der Waals surface area contributed by atoms with Crippen molar-refractivity contribution >= 4 is 23.6 Å². The van der Waals surface area contributed by atoms with E-state index in [1.807, 2.05) is 17.0 Å². The van der Waals surface area contributed by atoms with Crippen molar-refractivity contribution in [3.05, 3.63) is 0 Å². The molecule has 0 N–H and O–H groups in total. The lowest BCUT2D eigenvalue weighted by Gasteiger charge is -2.26. The first-order chi connectivity index (χ1) is 11.1. The molecule has 1 heterocycles. The van der Waals surface area contributed by atoms with Crippen LogP contribution in [0.2, 0.25) is 0 Å². The topological polar surface area (TPSA) is 97.4 Å². The van der Waals surface area contributed by atoms with E-state index in [0.29, 0.717) is 25.4 Å². The summed E-state index contributed by atoms with van der Waals surface area (Å²) in [6.45, 7) is 2.09. The van der Waals surface area contributed by atoms with E-state index in [1.54, 1.807) is 16.7 Å². The first-order valence-corrected chi connectivity index (χ1v) is 8.67. The maximum Gasteiger partial charge on any atom is 0.310 e. The SMILES string of the molecule is COC(=O)C1CSCCN(CC(=O)N(CCC#N)CCC#N)C1. The normalized spacial score (nSPS) is 18.3. The lowest BCUT2D eigenvalue weighted by molar-refractivity contribution is -0.145. The highest BCUT2D eigenvalue weighted by Crippen LogP contribution is 2.17. The molecule has 0 bridgehead atoms. The van der Waals surface area contributed by atoms with Crippen LogP contribution in [0.5, 0.6) is 0 Å². The van der Waals surface area contributed by atoms with Gasteiger partial charge in [-0.15, -0.1) is 0 Å². The number of hydrogen-bond acceptors (Lipinski definition) is 7. The second-order valence-electron chi connectivity index (χ2n) is 5.23. The van der Waals surface area contributed by atoms with Gasteiger partial charge in [0, 0.05) is 37.7 Å². The van der Waals surface area contributed by atoms with Crippen LogP contribution in [0.4, 0.5) is 0 Å². The number of nitriles is 2. The minimum absolute atomic E-state index is 0.106. The van der Waals surface area contributed by atoms with E-state index in [2.05, 4.69) is 0 Å². The molecule has 1 aliphatic heterocycles. The Balaban J connectivity index is 2.62. The fourth-order valence-electron chi connectivity index (χ4n) is 2.35. The molecule has 0 aromatic rings. The fraction of sp³-hybridized carbons (Fsp3) is 0.733. The van der Waals surface area contributed by atoms with Crippen molar-refractivity contribution < 1.29 is 14.3 Å². The quantitative estimate of drug-likeness (QED) is 0.623. The summed E-state index contributed by atoms with van der Waals surface area (Å²) in [4.78, 5) is 27.7. The molecule has 126 valence electrons. The molecule has 1 rings (SSSR count). The number of rotatable bonds is 7. The number of amides is 1. The van der Waals surface area contributed by atoms with Crippen LogP contribution in [-0.4, -0.2) is 73.0 Å². The highest BCUT2D eigenvalue weighted by atomic mass is 32.2. The molecule has 0 aromatic carbocycles. The van der Waals surface area contributed by atoms with Gasteiger partial charge < -0.3 is 9.64 Å². The summed E-state index contributed by atoms with van der Waals surface area (Å²) in [5.41, 5.74) is 0. The second kappa shape index (κ2) is 10.9. The van der Waals surface area contributed by atoms with Crippen molar-refractivity contribution in [1.29, 1.82) is 10.5 Å². The van der Waals surface area contributed by atoms with Gasteiger partial charge in [-0.3, -0.25) is 14.5 Å². The highest BCUT2D eigenvalue weighted by molar-refractivity contribution is 7.99. The minimum Gasteiger partial charge on any atom is -0.469 e. The van der Waals surface area contributed by atoms with Gasteiger partial charge in [0.2, 0.25) is 5.91 Å². The van der Waals surface area contributed by atoms with E-state index in [-0.39, 0.29) is 37.2 Å². The number of esters is 1. The zero-order valence-corrected chi connectivity index (χ0v) is 14.2. The molecule has 7 nitrogen and oxygen atoms in total. The Morgan fingerprint density at radius 2 is 1.96 bits per heavy atom. The second-order valence-corrected chi connectivity index (χ2v) is 6.38. The van der Waals surface area contributed by atoms with Crippen molar-refractivity contribution in [3.8, 4) is 12.1 Å². The number of carbonyl (C=O) groups is 2. The molecule has 8 heteroatoms. The van der Waals surface area contributed by atoms with Gasteiger partial charge in [-0.05, 0) is 0 Å². The van der Waals surface area contributed by atoms with Crippen molar-refractivity contribution in [2.45, 2.75) is 12.8 Å². The Morgan fingerprint density at radius 3 is 2.52 bits per heavy atom. The van der Waals surface area contributed by atoms with Crippen LogP contribution in [0.1, 0.15) is 12.8 Å². The average molecular weight is 338 g/mol. The number of carbonyl (C=O) groups excluding carboxylic acids is 2. The van der Waals surface area contributed by atoms with Crippen LogP contribution in [0.15, 0.2) is 0 Å². The summed E-state index contributed by atoms with van der Waals surface area (Å²) in [5, 5.41) is 17.4. The summed E-state index contributed by atoms with van der Waals surface area (Å²) in [7, 11) is 1.37. The minimum atomic E-state index is -0.248. The molecule has 1 atom stereocenters. The molecule has 1 aliphatic rings. The number of thioether (sulfide) groups is 1. The van der Waals surface area contributed by atoms with Crippen LogP contribution >= 0.6 is 11.8 Å². The first kappa shape index (κ1) is 19.3. The molecular weight excluding hydrogens is 316 g/mol. The van der Waals surface area contributed by atoms with Crippen molar-refractivity contribution in [3.63, 3.8) is 0 Å². The zero-order chi connectivity index (χ0) is 17.1. The van der Waals surface area contributed by atoms with Crippen molar-refractivity contribution in [1.82, 2.24) is 9.80 Å². The Labute approximate surface area is 141 Å². The molecule has 0 saturated carbocycles. The zero-order valence-electron chi connectivity index (χ0n) is 13.4. The molecule has 0 radical (unpaired) electrons. The van der Waals surface area contributed by atoms with Gasteiger partial charge in [0.15, 0.2) is 0 Å². The smallest absolute Gasteiger partial charge is 0.310 e. The van der Waals surface area contributed by atoms with Crippen LogP contribution in [0.3, 0.4) is 0 Å². The van der Waals surface area contributed by atoms with Gasteiger partial charge in [-0.25, -0.2) is 0 Å². The Hall–Kier alpha value is -1.77. The van der Waals surface area contributed by atoms with E-state index < -0.39 is 0 Å². The lowest BCUT2D eigenvalue weighted by atomic mass is 10.1. The van der Waals surface area contributed by atoms with Crippen molar-refractivity contribution in [2.24, 2.45) is 5.92 Å². The van der Waals surface area contributed by atoms with E-state index in [1.165, 1.54) is 7.11 Å². The van der Waals surface area contributed by atoms with Gasteiger partial charge in [0.25, 0.3) is 0 Å². The summed E-state index contributed by atoms with van der Waals surface area (Å²) < 4.78 is 4.81. The van der Waals surface area contributed by atoms with Crippen molar-refractivity contribution in [2.75, 3.05) is 51.3 Å². The number of ether oxygens (including phenoxy) is 1. The lowest BCUT2D eigenvalue weighted by Crippen LogP contribution is -2.43. The van der Waals surface area contributed by atoms with Gasteiger partial charge in [-0.1, -0.05) is 0 Å². The number of nitrogens with zero attached hydrogens (tertiary/aromatic N) is 4. The monoisotopic (exact) mass is 338 g/mol. The van der Waals surface area contributed by atoms with Crippen LogP contribution in [-0.2, 0) is 14.3 Å².